The summed E-state index contributed by atoms with van der Waals surface area (Å²) in [5.41, 5.74) is -0.0255. The predicted octanol–water partition coefficient (Wildman–Crippen LogP) is 2.33. The van der Waals surface area contributed by atoms with Crippen molar-refractivity contribution in [1.82, 2.24) is 5.32 Å². The number of carbonyl (C=O) groups excluding carboxylic acids is 1. The summed E-state index contributed by atoms with van der Waals surface area (Å²) in [6.07, 6.45) is 2.07. The Bertz CT molecular complexity index is 674. The summed E-state index contributed by atoms with van der Waals surface area (Å²) < 4.78 is 10.8. The Morgan fingerprint density at radius 2 is 2.29 bits per heavy atom. The van der Waals surface area contributed by atoms with Crippen molar-refractivity contribution in [1.29, 1.82) is 0 Å². The Balaban J connectivity index is 1.88. The number of aliphatic hydroxyl groups excluding tert-OH is 1. The lowest BCUT2D eigenvalue weighted by atomic mass is 9.97. The molecule has 2 aromatic rings. The standard InChI is InChI=1S/C16H19NO4/c1-16(9-18,11-6-7-11)17-15(19)13-8-10-4-3-5-12(20-2)14(10)21-13/h3-5,8,11,18H,6-7,9H2,1-2H3,(H,17,19). The van der Waals surface area contributed by atoms with E-state index in [-0.39, 0.29) is 18.3 Å². The second-order valence-electron chi connectivity index (χ2n) is 5.79. The van der Waals surface area contributed by atoms with Crippen LogP contribution in [0.3, 0.4) is 0 Å². The maximum absolute atomic E-state index is 12.4. The molecule has 1 unspecified atom stereocenters. The number of para-hydroxylation sites is 1. The third-order valence-electron chi connectivity index (χ3n) is 4.16. The zero-order valence-corrected chi connectivity index (χ0v) is 12.2. The van der Waals surface area contributed by atoms with E-state index in [4.69, 9.17) is 9.15 Å². The average molecular weight is 289 g/mol. The smallest absolute Gasteiger partial charge is 0.287 e. The van der Waals surface area contributed by atoms with E-state index in [1.54, 1.807) is 19.2 Å². The molecule has 1 fully saturated rings. The number of hydrogen-bond donors (Lipinski definition) is 2. The quantitative estimate of drug-likeness (QED) is 0.886. The molecule has 5 nitrogen and oxygen atoms in total. The van der Waals surface area contributed by atoms with Crippen LogP contribution >= 0.6 is 0 Å². The lowest BCUT2D eigenvalue weighted by Crippen LogP contribution is -2.50. The molecule has 0 spiro atoms. The minimum absolute atomic E-state index is 0.0764. The molecule has 1 atom stereocenters. The maximum atomic E-state index is 12.4. The van der Waals surface area contributed by atoms with Gasteiger partial charge in [0.05, 0.1) is 19.3 Å². The third-order valence-corrected chi connectivity index (χ3v) is 4.16. The molecule has 1 heterocycles. The molecule has 21 heavy (non-hydrogen) atoms. The van der Waals surface area contributed by atoms with Gasteiger partial charge in [-0.2, -0.15) is 0 Å². The van der Waals surface area contributed by atoms with E-state index >= 15 is 0 Å². The molecule has 3 rings (SSSR count). The Morgan fingerprint density at radius 1 is 1.52 bits per heavy atom. The van der Waals surface area contributed by atoms with Crippen LogP contribution < -0.4 is 10.1 Å². The van der Waals surface area contributed by atoms with Crippen LogP contribution in [-0.4, -0.2) is 30.3 Å². The molecule has 0 bridgehead atoms. The lowest BCUT2D eigenvalue weighted by Gasteiger charge is -2.28. The lowest BCUT2D eigenvalue weighted by molar-refractivity contribution is 0.0799. The summed E-state index contributed by atoms with van der Waals surface area (Å²) in [7, 11) is 1.56. The highest BCUT2D eigenvalue weighted by atomic mass is 16.5. The summed E-state index contributed by atoms with van der Waals surface area (Å²) in [6.45, 7) is 1.79. The number of benzene rings is 1. The molecule has 1 aliphatic rings. The minimum atomic E-state index is -0.583. The van der Waals surface area contributed by atoms with Gasteiger partial charge in [-0.05, 0) is 37.8 Å². The van der Waals surface area contributed by atoms with Crippen LogP contribution in [-0.2, 0) is 0 Å². The normalized spacial score (nSPS) is 17.5. The van der Waals surface area contributed by atoms with Gasteiger partial charge in [-0.25, -0.2) is 0 Å². The van der Waals surface area contributed by atoms with E-state index in [1.165, 1.54) is 0 Å². The number of aliphatic hydroxyl groups is 1. The van der Waals surface area contributed by atoms with Gasteiger partial charge in [0.15, 0.2) is 17.1 Å². The van der Waals surface area contributed by atoms with Crippen LogP contribution in [0.15, 0.2) is 28.7 Å². The number of nitrogens with one attached hydrogen (secondary N) is 1. The number of ether oxygens (including phenoxy) is 1. The SMILES string of the molecule is COc1cccc2cc(C(=O)NC(C)(CO)C3CC3)oc12. The molecule has 1 aromatic carbocycles. The van der Waals surface area contributed by atoms with Gasteiger partial charge in [-0.1, -0.05) is 12.1 Å². The molecule has 1 aliphatic carbocycles. The fourth-order valence-electron chi connectivity index (χ4n) is 2.62. The molecule has 1 amide bonds. The fraction of sp³-hybridized carbons (Fsp3) is 0.438. The molecule has 0 saturated heterocycles. The second-order valence-corrected chi connectivity index (χ2v) is 5.79. The highest BCUT2D eigenvalue weighted by Crippen LogP contribution is 2.39. The number of fused-ring (bicyclic) bond motifs is 1. The van der Waals surface area contributed by atoms with Gasteiger partial charge >= 0.3 is 0 Å². The number of amides is 1. The molecule has 112 valence electrons. The molecule has 0 aliphatic heterocycles. The van der Waals surface area contributed by atoms with Gasteiger partial charge < -0.3 is 19.6 Å². The van der Waals surface area contributed by atoms with E-state index in [0.717, 1.165) is 18.2 Å². The molecule has 1 aromatic heterocycles. The van der Waals surface area contributed by atoms with Crippen molar-refractivity contribution in [3.8, 4) is 5.75 Å². The summed E-state index contributed by atoms with van der Waals surface area (Å²) in [4.78, 5) is 12.4. The summed E-state index contributed by atoms with van der Waals surface area (Å²) in [5.74, 6) is 0.857. The summed E-state index contributed by atoms with van der Waals surface area (Å²) in [6, 6.07) is 7.19. The van der Waals surface area contributed by atoms with Crippen LogP contribution in [0, 0.1) is 5.92 Å². The first kappa shape index (κ1) is 13.9. The summed E-state index contributed by atoms with van der Waals surface area (Å²) >= 11 is 0. The zero-order valence-electron chi connectivity index (χ0n) is 12.2. The first-order valence-corrected chi connectivity index (χ1v) is 7.07. The average Bonchev–Trinajstić information content (AvgIpc) is 3.25. The Kier molecular flexibility index (Phi) is 3.37. The third kappa shape index (κ3) is 2.49. The van der Waals surface area contributed by atoms with E-state index in [9.17, 15) is 9.90 Å². The Hall–Kier alpha value is -2.01. The van der Waals surface area contributed by atoms with Crippen LogP contribution in [0.1, 0.15) is 30.3 Å². The van der Waals surface area contributed by atoms with Gasteiger partial charge in [0, 0.05) is 5.39 Å². The maximum Gasteiger partial charge on any atom is 0.287 e. The monoisotopic (exact) mass is 289 g/mol. The van der Waals surface area contributed by atoms with Gasteiger partial charge in [0.1, 0.15) is 0 Å². The van der Waals surface area contributed by atoms with Crippen molar-refractivity contribution in [3.05, 3.63) is 30.0 Å². The number of hydrogen-bond acceptors (Lipinski definition) is 4. The van der Waals surface area contributed by atoms with E-state index in [1.807, 2.05) is 19.1 Å². The van der Waals surface area contributed by atoms with Crippen molar-refractivity contribution >= 4 is 16.9 Å². The Labute approximate surface area is 122 Å². The summed E-state index contributed by atoms with van der Waals surface area (Å²) in [5, 5.41) is 13.3. The van der Waals surface area contributed by atoms with Crippen molar-refractivity contribution in [2.24, 2.45) is 5.92 Å². The van der Waals surface area contributed by atoms with Gasteiger partial charge in [0.2, 0.25) is 0 Å². The van der Waals surface area contributed by atoms with Crippen LogP contribution in [0.5, 0.6) is 5.75 Å². The topological polar surface area (TPSA) is 71.7 Å². The predicted molar refractivity (Wildman–Crippen MR) is 78.4 cm³/mol. The molecular formula is C16H19NO4. The molecule has 1 saturated carbocycles. The van der Waals surface area contributed by atoms with E-state index in [0.29, 0.717) is 17.3 Å². The van der Waals surface area contributed by atoms with Crippen LogP contribution in [0.4, 0.5) is 0 Å². The van der Waals surface area contributed by atoms with Crippen molar-refractivity contribution in [2.45, 2.75) is 25.3 Å². The second kappa shape index (κ2) is 5.07. The van der Waals surface area contributed by atoms with Gasteiger partial charge in [-0.3, -0.25) is 4.79 Å². The van der Waals surface area contributed by atoms with Crippen molar-refractivity contribution in [3.63, 3.8) is 0 Å². The number of rotatable bonds is 5. The first-order valence-electron chi connectivity index (χ1n) is 7.07. The molecule has 5 heteroatoms. The van der Waals surface area contributed by atoms with Gasteiger partial charge in [-0.15, -0.1) is 0 Å². The fourth-order valence-corrected chi connectivity index (χ4v) is 2.62. The molecule has 2 N–H and O–H groups in total. The first-order chi connectivity index (χ1) is 10.1. The minimum Gasteiger partial charge on any atom is -0.493 e. The number of methoxy groups -OCH3 is 1. The van der Waals surface area contributed by atoms with Crippen molar-refractivity contribution < 1.29 is 19.1 Å². The van der Waals surface area contributed by atoms with E-state index in [2.05, 4.69) is 5.32 Å². The highest BCUT2D eigenvalue weighted by molar-refractivity contribution is 5.97. The zero-order chi connectivity index (χ0) is 15.0. The molecular weight excluding hydrogens is 270 g/mol. The van der Waals surface area contributed by atoms with Gasteiger partial charge in [0.25, 0.3) is 5.91 Å². The Morgan fingerprint density at radius 3 is 2.90 bits per heavy atom. The van der Waals surface area contributed by atoms with Crippen LogP contribution in [0.25, 0.3) is 11.0 Å². The number of furan rings is 1. The van der Waals surface area contributed by atoms with E-state index < -0.39 is 5.54 Å². The van der Waals surface area contributed by atoms with Crippen molar-refractivity contribution in [2.75, 3.05) is 13.7 Å². The van der Waals surface area contributed by atoms with Crippen LogP contribution in [0.2, 0.25) is 0 Å². The highest BCUT2D eigenvalue weighted by Gasteiger charge is 2.42. The largest absolute Gasteiger partial charge is 0.493 e. The molecule has 0 radical (unpaired) electrons. The number of carbonyl (C=O) groups is 1.